The van der Waals surface area contributed by atoms with E-state index in [2.05, 4.69) is 23.1 Å². The van der Waals surface area contributed by atoms with Gasteiger partial charge in [-0.05, 0) is 60.7 Å². The first-order valence-corrected chi connectivity index (χ1v) is 8.79. The first kappa shape index (κ1) is 14.9. The molecule has 0 saturated carbocycles. The Hall–Kier alpha value is -2.40. The number of nitrogens with zero attached hydrogens (tertiary/aromatic N) is 1. The normalized spacial score (nSPS) is 21.1. The highest BCUT2D eigenvalue weighted by molar-refractivity contribution is 5.54. The van der Waals surface area contributed by atoms with E-state index in [1.807, 2.05) is 6.07 Å². The molecule has 1 unspecified atom stereocenters. The van der Waals surface area contributed by atoms with Crippen LogP contribution in [-0.2, 0) is 19.4 Å². The Morgan fingerprint density at radius 2 is 2.00 bits per heavy atom. The summed E-state index contributed by atoms with van der Waals surface area (Å²) in [7, 11) is 1.60. The average molecular weight is 339 g/mol. The molecule has 1 N–H and O–H groups in total. The lowest BCUT2D eigenvalue weighted by Crippen LogP contribution is -2.34. The van der Waals surface area contributed by atoms with Gasteiger partial charge in [0.2, 0.25) is 6.79 Å². The molecule has 1 atom stereocenters. The van der Waals surface area contributed by atoms with Gasteiger partial charge in [-0.15, -0.1) is 0 Å². The number of rotatable bonds is 1. The quantitative estimate of drug-likeness (QED) is 0.865. The van der Waals surface area contributed by atoms with Crippen molar-refractivity contribution in [1.82, 2.24) is 4.90 Å². The molecule has 0 fully saturated rings. The minimum atomic E-state index is 0.286. The largest absolute Gasteiger partial charge is 0.504 e. The summed E-state index contributed by atoms with van der Waals surface area (Å²) in [4.78, 5) is 2.47. The first-order chi connectivity index (χ1) is 12.2. The van der Waals surface area contributed by atoms with Gasteiger partial charge in [0.1, 0.15) is 0 Å². The Balaban J connectivity index is 1.59. The third kappa shape index (κ3) is 2.26. The topological polar surface area (TPSA) is 51.2 Å². The van der Waals surface area contributed by atoms with Crippen molar-refractivity contribution in [3.63, 3.8) is 0 Å². The molecule has 0 amide bonds. The van der Waals surface area contributed by atoms with Crippen LogP contribution in [0, 0.1) is 0 Å². The van der Waals surface area contributed by atoms with Crippen molar-refractivity contribution in [2.45, 2.75) is 31.8 Å². The van der Waals surface area contributed by atoms with Crippen LogP contribution in [0.3, 0.4) is 0 Å². The van der Waals surface area contributed by atoms with Gasteiger partial charge in [0.15, 0.2) is 23.0 Å². The number of fused-ring (bicyclic) bond motifs is 5. The molecule has 0 aliphatic carbocycles. The highest BCUT2D eigenvalue weighted by atomic mass is 16.7. The van der Waals surface area contributed by atoms with Gasteiger partial charge in [-0.1, -0.05) is 6.07 Å². The number of phenols is 1. The molecule has 0 saturated heterocycles. The molecule has 25 heavy (non-hydrogen) atoms. The number of benzene rings is 2. The smallest absolute Gasteiger partial charge is 0.231 e. The van der Waals surface area contributed by atoms with Crippen LogP contribution >= 0.6 is 0 Å². The second-order valence-electron chi connectivity index (χ2n) is 6.95. The van der Waals surface area contributed by atoms with Crippen LogP contribution < -0.4 is 14.2 Å². The predicted molar refractivity (Wildman–Crippen MR) is 92.4 cm³/mol. The predicted octanol–water partition coefficient (Wildman–Crippen LogP) is 3.18. The van der Waals surface area contributed by atoms with E-state index in [1.165, 1.54) is 16.7 Å². The lowest BCUT2D eigenvalue weighted by atomic mass is 9.87. The Bertz CT molecular complexity index is 848. The van der Waals surface area contributed by atoms with Crippen LogP contribution in [0.4, 0.5) is 0 Å². The summed E-state index contributed by atoms with van der Waals surface area (Å²) in [6.45, 7) is 2.07. The molecule has 0 bridgehead atoms. The SMILES string of the molecule is COc1ccc2c(c1O)CN1CCCc3cc4c(cc3C1C2)OCO4. The van der Waals surface area contributed by atoms with E-state index in [0.717, 1.165) is 49.4 Å². The van der Waals surface area contributed by atoms with Crippen molar-refractivity contribution < 1.29 is 19.3 Å². The molecular formula is C20H21NO4. The summed E-state index contributed by atoms with van der Waals surface area (Å²) in [5, 5.41) is 10.5. The van der Waals surface area contributed by atoms with Crippen molar-refractivity contribution >= 4 is 0 Å². The Morgan fingerprint density at radius 1 is 1.16 bits per heavy atom. The summed E-state index contributed by atoms with van der Waals surface area (Å²) in [6, 6.07) is 8.58. The summed E-state index contributed by atoms with van der Waals surface area (Å²) >= 11 is 0. The summed E-state index contributed by atoms with van der Waals surface area (Å²) < 4.78 is 16.4. The fraction of sp³-hybridized carbons (Fsp3) is 0.400. The van der Waals surface area contributed by atoms with Crippen LogP contribution in [0.2, 0.25) is 0 Å². The minimum Gasteiger partial charge on any atom is -0.504 e. The Labute approximate surface area is 146 Å². The maximum atomic E-state index is 10.5. The number of aromatic hydroxyl groups is 1. The Morgan fingerprint density at radius 3 is 2.84 bits per heavy atom. The number of hydrogen-bond acceptors (Lipinski definition) is 5. The second-order valence-corrected chi connectivity index (χ2v) is 6.95. The van der Waals surface area contributed by atoms with Gasteiger partial charge >= 0.3 is 0 Å². The highest BCUT2D eigenvalue weighted by Gasteiger charge is 2.34. The molecule has 3 aliphatic rings. The summed E-state index contributed by atoms with van der Waals surface area (Å²) in [5.74, 6) is 2.55. The molecule has 2 aromatic carbocycles. The highest BCUT2D eigenvalue weighted by Crippen LogP contribution is 2.45. The molecule has 3 heterocycles. The number of hydrogen-bond donors (Lipinski definition) is 1. The maximum Gasteiger partial charge on any atom is 0.231 e. The standard InChI is InChI=1S/C20H21NO4/c1-23-17-5-4-13-7-16-14-9-19-18(24-11-25-19)8-12(14)3-2-6-21(16)10-15(13)20(17)22/h4-5,8-9,16,22H,2-3,6-7,10-11H2,1H3. The molecule has 130 valence electrons. The monoisotopic (exact) mass is 339 g/mol. The third-order valence-electron chi connectivity index (χ3n) is 5.66. The number of methoxy groups -OCH3 is 1. The molecule has 0 spiro atoms. The molecule has 5 rings (SSSR count). The zero-order valence-corrected chi connectivity index (χ0v) is 14.2. The number of ether oxygens (including phenoxy) is 3. The summed E-state index contributed by atoms with van der Waals surface area (Å²) in [6.07, 6.45) is 3.04. The lowest BCUT2D eigenvalue weighted by molar-refractivity contribution is 0.169. The number of aryl methyl sites for hydroxylation is 1. The second kappa shape index (κ2) is 5.56. The van der Waals surface area contributed by atoms with Gasteiger partial charge in [-0.25, -0.2) is 0 Å². The van der Waals surface area contributed by atoms with Gasteiger partial charge in [-0.2, -0.15) is 0 Å². The third-order valence-corrected chi connectivity index (χ3v) is 5.66. The maximum absolute atomic E-state index is 10.5. The molecule has 0 radical (unpaired) electrons. The zero-order valence-electron chi connectivity index (χ0n) is 14.2. The van der Waals surface area contributed by atoms with Crippen molar-refractivity contribution in [1.29, 1.82) is 0 Å². The van der Waals surface area contributed by atoms with Crippen LogP contribution in [-0.4, -0.2) is 30.5 Å². The average Bonchev–Trinajstić information content (AvgIpc) is 3.01. The van der Waals surface area contributed by atoms with Crippen molar-refractivity contribution in [2.75, 3.05) is 20.4 Å². The summed E-state index contributed by atoms with van der Waals surface area (Å²) in [5.41, 5.74) is 4.89. The van der Waals surface area contributed by atoms with E-state index >= 15 is 0 Å². The van der Waals surface area contributed by atoms with Crippen LogP contribution in [0.25, 0.3) is 0 Å². The van der Waals surface area contributed by atoms with Crippen molar-refractivity contribution in [3.8, 4) is 23.0 Å². The van der Waals surface area contributed by atoms with Crippen LogP contribution in [0.15, 0.2) is 24.3 Å². The Kier molecular flexibility index (Phi) is 3.31. The van der Waals surface area contributed by atoms with E-state index in [9.17, 15) is 5.11 Å². The zero-order chi connectivity index (χ0) is 17.0. The van der Waals surface area contributed by atoms with E-state index in [1.54, 1.807) is 7.11 Å². The first-order valence-electron chi connectivity index (χ1n) is 8.79. The molecule has 5 heteroatoms. The van der Waals surface area contributed by atoms with Gasteiger partial charge in [0, 0.05) is 18.2 Å². The van der Waals surface area contributed by atoms with Crippen LogP contribution in [0.1, 0.15) is 34.7 Å². The fourth-order valence-electron chi connectivity index (χ4n) is 4.38. The molecule has 3 aliphatic heterocycles. The number of phenolic OH excluding ortho intramolecular Hbond substituents is 1. The van der Waals surface area contributed by atoms with Gasteiger partial charge < -0.3 is 19.3 Å². The van der Waals surface area contributed by atoms with Gasteiger partial charge in [0.05, 0.1) is 7.11 Å². The lowest BCUT2D eigenvalue weighted by Gasteiger charge is -2.37. The molecule has 2 aromatic rings. The molecule has 0 aromatic heterocycles. The van der Waals surface area contributed by atoms with E-state index in [0.29, 0.717) is 18.6 Å². The van der Waals surface area contributed by atoms with E-state index in [4.69, 9.17) is 14.2 Å². The molecule has 5 nitrogen and oxygen atoms in total. The van der Waals surface area contributed by atoms with E-state index < -0.39 is 0 Å². The molecular weight excluding hydrogens is 318 g/mol. The van der Waals surface area contributed by atoms with Crippen molar-refractivity contribution in [2.24, 2.45) is 0 Å². The fourth-order valence-corrected chi connectivity index (χ4v) is 4.38. The van der Waals surface area contributed by atoms with Gasteiger partial charge in [-0.3, -0.25) is 4.90 Å². The van der Waals surface area contributed by atoms with Crippen molar-refractivity contribution in [3.05, 3.63) is 46.5 Å². The minimum absolute atomic E-state index is 0.286. The van der Waals surface area contributed by atoms with E-state index in [-0.39, 0.29) is 5.75 Å². The van der Waals surface area contributed by atoms with Crippen LogP contribution in [0.5, 0.6) is 23.0 Å². The van der Waals surface area contributed by atoms with Gasteiger partial charge in [0.25, 0.3) is 0 Å².